The molecule has 3 aromatic carbocycles. The van der Waals surface area contributed by atoms with Gasteiger partial charge in [0, 0.05) is 16.3 Å². The van der Waals surface area contributed by atoms with Crippen LogP contribution in [-0.2, 0) is 4.79 Å². The van der Waals surface area contributed by atoms with Crippen molar-refractivity contribution in [1.82, 2.24) is 5.43 Å². The molecule has 0 aliphatic carbocycles. The molecule has 1 unspecified atom stereocenters. The van der Waals surface area contributed by atoms with Crippen molar-refractivity contribution in [3.63, 3.8) is 0 Å². The van der Waals surface area contributed by atoms with E-state index in [1.165, 1.54) is 0 Å². The fourth-order valence-electron chi connectivity index (χ4n) is 2.68. The summed E-state index contributed by atoms with van der Waals surface area (Å²) in [6, 6.07) is 22.2. The number of carbonyl (C=O) groups excluding carboxylic acids is 2. The van der Waals surface area contributed by atoms with Crippen LogP contribution in [0.15, 0.2) is 84.0 Å². The third-order valence-corrected chi connectivity index (χ3v) is 4.59. The average Bonchev–Trinajstić information content (AvgIpc) is 2.78. The maximum Gasteiger partial charge on any atom is 0.273 e. The summed E-state index contributed by atoms with van der Waals surface area (Å²) >= 11 is 5.85. The van der Waals surface area contributed by atoms with Crippen molar-refractivity contribution in [1.29, 1.82) is 0 Å². The quantitative estimate of drug-likeness (QED) is 0.412. The Morgan fingerprint density at radius 3 is 2.33 bits per heavy atom. The predicted octanol–water partition coefficient (Wildman–Crippen LogP) is 4.17. The van der Waals surface area contributed by atoms with E-state index in [4.69, 9.17) is 11.6 Å². The van der Waals surface area contributed by atoms with Crippen LogP contribution in [0.2, 0.25) is 5.02 Å². The molecular weight excluding hydrogens is 402 g/mol. The zero-order valence-corrected chi connectivity index (χ0v) is 16.9. The molecule has 0 saturated carbocycles. The minimum Gasteiger partial charge on any atom is -0.378 e. The SMILES string of the molecule is CC(=NNC(=O)C(O)c1ccccc1)c1cccc(NC(=O)c2ccc(Cl)cc2)c1. The molecule has 0 bridgehead atoms. The fourth-order valence-corrected chi connectivity index (χ4v) is 2.80. The summed E-state index contributed by atoms with van der Waals surface area (Å²) in [6.45, 7) is 1.72. The highest BCUT2D eigenvalue weighted by atomic mass is 35.5. The molecule has 1 atom stereocenters. The normalized spacial score (nSPS) is 12.2. The van der Waals surface area contributed by atoms with Gasteiger partial charge in [0.15, 0.2) is 6.10 Å². The van der Waals surface area contributed by atoms with Crippen LogP contribution in [0.25, 0.3) is 0 Å². The molecule has 0 saturated heterocycles. The van der Waals surface area contributed by atoms with Crippen LogP contribution in [0.5, 0.6) is 0 Å². The van der Waals surface area contributed by atoms with E-state index in [1.54, 1.807) is 85.8 Å². The molecule has 0 aliphatic rings. The molecule has 0 radical (unpaired) electrons. The number of aliphatic hydroxyl groups excluding tert-OH is 1. The van der Waals surface area contributed by atoms with Gasteiger partial charge in [-0.15, -0.1) is 0 Å². The van der Waals surface area contributed by atoms with E-state index in [1.807, 2.05) is 0 Å². The number of nitrogens with zero attached hydrogens (tertiary/aromatic N) is 1. The second kappa shape index (κ2) is 9.82. The fraction of sp³-hybridized carbons (Fsp3) is 0.0870. The lowest BCUT2D eigenvalue weighted by atomic mass is 10.1. The van der Waals surface area contributed by atoms with Crippen LogP contribution < -0.4 is 10.7 Å². The van der Waals surface area contributed by atoms with Crippen LogP contribution in [0.3, 0.4) is 0 Å². The molecule has 30 heavy (non-hydrogen) atoms. The lowest BCUT2D eigenvalue weighted by Gasteiger charge is -2.10. The van der Waals surface area contributed by atoms with E-state index in [2.05, 4.69) is 15.8 Å². The second-order valence-electron chi connectivity index (χ2n) is 6.53. The van der Waals surface area contributed by atoms with Crippen LogP contribution in [0, 0.1) is 0 Å². The Labute approximate surface area is 179 Å². The average molecular weight is 422 g/mol. The van der Waals surface area contributed by atoms with Gasteiger partial charge in [0.25, 0.3) is 11.8 Å². The van der Waals surface area contributed by atoms with Crippen molar-refractivity contribution in [3.05, 3.63) is 101 Å². The molecule has 152 valence electrons. The van der Waals surface area contributed by atoms with Crippen molar-refractivity contribution in [2.45, 2.75) is 13.0 Å². The van der Waals surface area contributed by atoms with Gasteiger partial charge >= 0.3 is 0 Å². The lowest BCUT2D eigenvalue weighted by Crippen LogP contribution is -2.26. The number of halogens is 1. The van der Waals surface area contributed by atoms with Gasteiger partial charge in [-0.05, 0) is 54.4 Å². The van der Waals surface area contributed by atoms with E-state index in [0.29, 0.717) is 33.1 Å². The Hall–Kier alpha value is -3.48. The molecule has 3 aromatic rings. The summed E-state index contributed by atoms with van der Waals surface area (Å²) < 4.78 is 0. The van der Waals surface area contributed by atoms with Crippen LogP contribution in [0.1, 0.15) is 34.5 Å². The maximum absolute atomic E-state index is 12.4. The highest BCUT2D eigenvalue weighted by Gasteiger charge is 2.16. The minimum absolute atomic E-state index is 0.266. The Morgan fingerprint density at radius 2 is 1.63 bits per heavy atom. The highest BCUT2D eigenvalue weighted by molar-refractivity contribution is 6.30. The largest absolute Gasteiger partial charge is 0.378 e. The number of aliphatic hydroxyl groups is 1. The Balaban J connectivity index is 1.66. The Kier molecular flexibility index (Phi) is 6.95. The molecule has 0 heterocycles. The summed E-state index contributed by atoms with van der Waals surface area (Å²) in [6.07, 6.45) is -1.31. The number of hydrogen-bond acceptors (Lipinski definition) is 4. The number of anilines is 1. The first kappa shape index (κ1) is 21.2. The summed E-state index contributed by atoms with van der Waals surface area (Å²) in [5, 5.41) is 17.5. The van der Waals surface area contributed by atoms with Gasteiger partial charge in [0.2, 0.25) is 0 Å². The van der Waals surface area contributed by atoms with Gasteiger partial charge in [-0.3, -0.25) is 9.59 Å². The highest BCUT2D eigenvalue weighted by Crippen LogP contribution is 2.15. The predicted molar refractivity (Wildman–Crippen MR) is 118 cm³/mol. The molecule has 3 N–H and O–H groups in total. The standard InChI is InChI=1S/C23H20ClN3O3/c1-15(26-27-23(30)21(28)16-6-3-2-4-7-16)18-8-5-9-20(14-18)25-22(29)17-10-12-19(24)13-11-17/h2-14,21,28H,1H3,(H,25,29)(H,27,30). The minimum atomic E-state index is -1.31. The molecule has 7 heteroatoms. The van der Waals surface area contributed by atoms with E-state index in [9.17, 15) is 14.7 Å². The van der Waals surface area contributed by atoms with E-state index < -0.39 is 12.0 Å². The van der Waals surface area contributed by atoms with Crippen molar-refractivity contribution in [3.8, 4) is 0 Å². The number of nitrogens with one attached hydrogen (secondary N) is 2. The van der Waals surface area contributed by atoms with Gasteiger partial charge in [0.05, 0.1) is 5.71 Å². The van der Waals surface area contributed by atoms with Gasteiger partial charge in [-0.25, -0.2) is 5.43 Å². The van der Waals surface area contributed by atoms with E-state index in [-0.39, 0.29) is 5.91 Å². The van der Waals surface area contributed by atoms with Crippen molar-refractivity contribution < 1.29 is 14.7 Å². The summed E-state index contributed by atoms with van der Waals surface area (Å²) in [4.78, 5) is 24.5. The monoisotopic (exact) mass is 421 g/mol. The maximum atomic E-state index is 12.4. The molecule has 0 spiro atoms. The molecule has 0 aromatic heterocycles. The van der Waals surface area contributed by atoms with Crippen LogP contribution in [0.4, 0.5) is 5.69 Å². The van der Waals surface area contributed by atoms with Crippen LogP contribution in [-0.4, -0.2) is 22.6 Å². The third-order valence-electron chi connectivity index (χ3n) is 4.34. The first-order valence-electron chi connectivity index (χ1n) is 9.18. The number of hydrogen-bond donors (Lipinski definition) is 3. The summed E-state index contributed by atoms with van der Waals surface area (Å²) in [5.74, 6) is -0.898. The number of hydrazone groups is 1. The third kappa shape index (κ3) is 5.53. The second-order valence-corrected chi connectivity index (χ2v) is 6.96. The Bertz CT molecular complexity index is 1070. The topological polar surface area (TPSA) is 90.8 Å². The molecular formula is C23H20ClN3O3. The van der Waals surface area contributed by atoms with Crippen molar-refractivity contribution in [2.75, 3.05) is 5.32 Å². The summed E-state index contributed by atoms with van der Waals surface area (Å²) in [7, 11) is 0. The van der Waals surface area contributed by atoms with Gasteiger partial charge in [-0.2, -0.15) is 5.10 Å². The Morgan fingerprint density at radius 1 is 0.933 bits per heavy atom. The van der Waals surface area contributed by atoms with Gasteiger partial charge in [-0.1, -0.05) is 54.1 Å². The molecule has 0 aliphatic heterocycles. The number of amides is 2. The molecule has 0 fully saturated rings. The molecule has 3 rings (SSSR count). The van der Waals surface area contributed by atoms with Crippen LogP contribution >= 0.6 is 11.6 Å². The first-order chi connectivity index (χ1) is 14.4. The number of carbonyl (C=O) groups is 2. The van der Waals surface area contributed by atoms with Crippen molar-refractivity contribution >= 4 is 34.8 Å². The number of rotatable bonds is 6. The molecule has 6 nitrogen and oxygen atoms in total. The smallest absolute Gasteiger partial charge is 0.273 e. The van der Waals surface area contributed by atoms with E-state index >= 15 is 0 Å². The zero-order chi connectivity index (χ0) is 21.5. The lowest BCUT2D eigenvalue weighted by molar-refractivity contribution is -0.129. The van der Waals surface area contributed by atoms with Gasteiger partial charge < -0.3 is 10.4 Å². The number of benzene rings is 3. The van der Waals surface area contributed by atoms with Gasteiger partial charge in [0.1, 0.15) is 0 Å². The first-order valence-corrected chi connectivity index (χ1v) is 9.56. The summed E-state index contributed by atoms with van der Waals surface area (Å²) in [5.41, 5.74) is 5.14. The van der Waals surface area contributed by atoms with Crippen molar-refractivity contribution in [2.24, 2.45) is 5.10 Å². The zero-order valence-electron chi connectivity index (χ0n) is 16.2. The molecule has 2 amide bonds. The van der Waals surface area contributed by atoms with E-state index in [0.717, 1.165) is 0 Å².